The number of ether oxygens (including phenoxy) is 1. The molecule has 1 saturated heterocycles. The van der Waals surface area contributed by atoms with Crippen molar-refractivity contribution in [1.82, 2.24) is 14.4 Å². The molecule has 1 fully saturated rings. The Labute approximate surface area is 174 Å². The van der Waals surface area contributed by atoms with Crippen LogP contribution < -0.4 is 5.32 Å². The standard InChI is InChI=1S/C19H25FN4O5S/c1-15-13-18(22-29-15)21-19(25)14-24(8-2-7-23-9-11-28-12-10-23)30(26,27)17-5-3-16(20)4-6-17/h3-6,13H,2,7-12,14H2,1H3,(H,21,22,25). The normalized spacial score (nSPS) is 15.4. The number of amides is 1. The summed E-state index contributed by atoms with van der Waals surface area (Å²) in [5.74, 6) is -0.344. The van der Waals surface area contributed by atoms with Gasteiger partial charge in [-0.15, -0.1) is 0 Å². The molecule has 30 heavy (non-hydrogen) atoms. The minimum Gasteiger partial charge on any atom is -0.379 e. The van der Waals surface area contributed by atoms with E-state index in [-0.39, 0.29) is 17.3 Å². The Balaban J connectivity index is 1.69. The molecule has 0 atom stereocenters. The number of aromatic nitrogens is 1. The zero-order chi connectivity index (χ0) is 21.6. The van der Waals surface area contributed by atoms with E-state index < -0.39 is 28.3 Å². The molecular weight excluding hydrogens is 415 g/mol. The van der Waals surface area contributed by atoms with Crippen LogP contribution in [0.4, 0.5) is 10.2 Å². The van der Waals surface area contributed by atoms with Crippen LogP contribution in [0, 0.1) is 12.7 Å². The SMILES string of the molecule is Cc1cc(NC(=O)CN(CCCN2CCOCC2)S(=O)(=O)c2ccc(F)cc2)no1. The van der Waals surface area contributed by atoms with E-state index in [0.717, 1.165) is 29.5 Å². The van der Waals surface area contributed by atoms with Gasteiger partial charge in [-0.2, -0.15) is 4.31 Å². The van der Waals surface area contributed by atoms with Gasteiger partial charge < -0.3 is 14.6 Å². The highest BCUT2D eigenvalue weighted by Crippen LogP contribution is 2.17. The molecule has 2 aromatic rings. The maximum atomic E-state index is 13.2. The first kappa shape index (κ1) is 22.3. The summed E-state index contributed by atoms with van der Waals surface area (Å²) >= 11 is 0. The predicted molar refractivity (Wildman–Crippen MR) is 107 cm³/mol. The number of carbonyl (C=O) groups excluding carboxylic acids is 1. The van der Waals surface area contributed by atoms with Gasteiger partial charge in [-0.3, -0.25) is 9.69 Å². The third-order valence-electron chi connectivity index (χ3n) is 4.65. The molecule has 3 rings (SSSR count). The van der Waals surface area contributed by atoms with Crippen LogP contribution in [-0.4, -0.2) is 74.6 Å². The zero-order valence-electron chi connectivity index (χ0n) is 16.7. The number of sulfonamides is 1. The lowest BCUT2D eigenvalue weighted by Crippen LogP contribution is -2.41. The van der Waals surface area contributed by atoms with Crippen molar-refractivity contribution in [3.05, 3.63) is 41.9 Å². The van der Waals surface area contributed by atoms with Gasteiger partial charge in [0.1, 0.15) is 11.6 Å². The number of hydrogen-bond acceptors (Lipinski definition) is 7. The molecular formula is C19H25FN4O5S. The first-order valence-corrected chi connectivity index (χ1v) is 11.1. The number of nitrogens with one attached hydrogen (secondary N) is 1. The average molecular weight is 440 g/mol. The third kappa shape index (κ3) is 6.08. The molecule has 11 heteroatoms. The molecule has 0 bridgehead atoms. The molecule has 0 saturated carbocycles. The topological polar surface area (TPSA) is 105 Å². The summed E-state index contributed by atoms with van der Waals surface area (Å²) in [6, 6.07) is 6.08. The number of aryl methyl sites for hydroxylation is 1. The number of benzene rings is 1. The highest BCUT2D eigenvalue weighted by atomic mass is 32.2. The van der Waals surface area contributed by atoms with Crippen molar-refractivity contribution in [2.45, 2.75) is 18.2 Å². The molecule has 0 radical (unpaired) electrons. The Bertz CT molecular complexity index is 942. The molecule has 0 spiro atoms. The lowest BCUT2D eigenvalue weighted by Gasteiger charge is -2.28. The molecule has 1 aromatic carbocycles. The summed E-state index contributed by atoms with van der Waals surface area (Å²) in [6.45, 7) is 4.99. The molecule has 0 unspecified atom stereocenters. The molecule has 1 aliphatic heterocycles. The smallest absolute Gasteiger partial charge is 0.243 e. The first-order valence-electron chi connectivity index (χ1n) is 9.63. The monoisotopic (exact) mass is 440 g/mol. The second kappa shape index (κ2) is 10.1. The molecule has 1 N–H and O–H groups in total. The van der Waals surface area contributed by atoms with E-state index >= 15 is 0 Å². The summed E-state index contributed by atoms with van der Waals surface area (Å²) in [7, 11) is -3.98. The zero-order valence-corrected chi connectivity index (χ0v) is 17.5. The van der Waals surface area contributed by atoms with Crippen LogP contribution >= 0.6 is 0 Å². The van der Waals surface area contributed by atoms with E-state index in [2.05, 4.69) is 15.4 Å². The van der Waals surface area contributed by atoms with E-state index in [1.165, 1.54) is 18.2 Å². The number of morpholine rings is 1. The van der Waals surface area contributed by atoms with Gasteiger partial charge in [0.2, 0.25) is 15.9 Å². The number of anilines is 1. The van der Waals surface area contributed by atoms with E-state index in [4.69, 9.17) is 9.26 Å². The van der Waals surface area contributed by atoms with E-state index in [1.807, 2.05) is 0 Å². The number of nitrogens with zero attached hydrogens (tertiary/aromatic N) is 3. The van der Waals surface area contributed by atoms with Crippen molar-refractivity contribution in [2.24, 2.45) is 0 Å². The van der Waals surface area contributed by atoms with Crippen molar-refractivity contribution < 1.29 is 26.9 Å². The van der Waals surface area contributed by atoms with Crippen LogP contribution in [0.2, 0.25) is 0 Å². The molecule has 1 aromatic heterocycles. The van der Waals surface area contributed by atoms with Gasteiger partial charge in [0.25, 0.3) is 0 Å². The number of halogens is 1. The van der Waals surface area contributed by atoms with E-state index in [0.29, 0.717) is 31.9 Å². The minimum atomic E-state index is -3.98. The first-order chi connectivity index (χ1) is 14.3. The molecule has 1 aliphatic rings. The van der Waals surface area contributed by atoms with Gasteiger partial charge in [-0.1, -0.05) is 5.16 Å². The Morgan fingerprint density at radius 2 is 1.97 bits per heavy atom. The summed E-state index contributed by atoms with van der Waals surface area (Å²) in [4.78, 5) is 14.6. The second-order valence-corrected chi connectivity index (χ2v) is 8.91. The Hall–Kier alpha value is -2.34. The third-order valence-corrected chi connectivity index (χ3v) is 6.51. The van der Waals surface area contributed by atoms with Crippen LogP contribution in [0.25, 0.3) is 0 Å². The summed E-state index contributed by atoms with van der Waals surface area (Å²) in [5.41, 5.74) is 0. The predicted octanol–water partition coefficient (Wildman–Crippen LogP) is 1.47. The minimum absolute atomic E-state index is 0.0691. The highest BCUT2D eigenvalue weighted by Gasteiger charge is 2.27. The maximum absolute atomic E-state index is 13.2. The van der Waals surface area contributed by atoms with Crippen molar-refractivity contribution in [1.29, 1.82) is 0 Å². The van der Waals surface area contributed by atoms with Crippen molar-refractivity contribution in [3.63, 3.8) is 0 Å². The fourth-order valence-corrected chi connectivity index (χ4v) is 4.54. The van der Waals surface area contributed by atoms with Crippen LogP contribution in [0.15, 0.2) is 39.8 Å². The second-order valence-electron chi connectivity index (χ2n) is 6.97. The van der Waals surface area contributed by atoms with Gasteiger partial charge in [-0.25, -0.2) is 12.8 Å². The van der Waals surface area contributed by atoms with Gasteiger partial charge in [0, 0.05) is 25.7 Å². The van der Waals surface area contributed by atoms with Crippen LogP contribution in [0.3, 0.4) is 0 Å². The summed E-state index contributed by atoms with van der Waals surface area (Å²) in [5, 5.41) is 6.21. The Kier molecular flexibility index (Phi) is 7.53. The van der Waals surface area contributed by atoms with Crippen LogP contribution in [-0.2, 0) is 19.6 Å². The number of rotatable bonds is 9. The number of carbonyl (C=O) groups is 1. The highest BCUT2D eigenvalue weighted by molar-refractivity contribution is 7.89. The van der Waals surface area contributed by atoms with Crippen LogP contribution in [0.5, 0.6) is 0 Å². The molecule has 2 heterocycles. The lowest BCUT2D eigenvalue weighted by molar-refractivity contribution is -0.116. The molecule has 9 nitrogen and oxygen atoms in total. The number of hydrogen-bond donors (Lipinski definition) is 1. The fraction of sp³-hybridized carbons (Fsp3) is 0.474. The van der Waals surface area contributed by atoms with Gasteiger partial charge in [-0.05, 0) is 44.2 Å². The lowest BCUT2D eigenvalue weighted by atomic mass is 10.3. The quantitative estimate of drug-likeness (QED) is 0.630. The maximum Gasteiger partial charge on any atom is 0.243 e. The fourth-order valence-electron chi connectivity index (χ4n) is 3.10. The van der Waals surface area contributed by atoms with Crippen molar-refractivity contribution in [2.75, 3.05) is 51.3 Å². The van der Waals surface area contributed by atoms with Gasteiger partial charge in [0.15, 0.2) is 5.82 Å². The molecule has 0 aliphatic carbocycles. The van der Waals surface area contributed by atoms with Crippen molar-refractivity contribution in [3.8, 4) is 0 Å². The van der Waals surface area contributed by atoms with Gasteiger partial charge >= 0.3 is 0 Å². The Morgan fingerprint density at radius 1 is 1.27 bits per heavy atom. The Morgan fingerprint density at radius 3 is 2.60 bits per heavy atom. The summed E-state index contributed by atoms with van der Waals surface area (Å²) < 4.78 is 50.7. The van der Waals surface area contributed by atoms with Crippen LogP contribution in [0.1, 0.15) is 12.2 Å². The van der Waals surface area contributed by atoms with Crippen molar-refractivity contribution >= 4 is 21.7 Å². The van der Waals surface area contributed by atoms with E-state index in [9.17, 15) is 17.6 Å². The molecule has 164 valence electrons. The van der Waals surface area contributed by atoms with E-state index in [1.54, 1.807) is 6.92 Å². The summed E-state index contributed by atoms with van der Waals surface area (Å²) in [6.07, 6.45) is 0.538. The average Bonchev–Trinajstić information content (AvgIpc) is 3.12. The van der Waals surface area contributed by atoms with Gasteiger partial charge in [0.05, 0.1) is 24.7 Å². The largest absolute Gasteiger partial charge is 0.379 e. The molecule has 1 amide bonds.